The molecule has 19 heavy (non-hydrogen) atoms. The molecule has 0 saturated carbocycles. The van der Waals surface area contributed by atoms with Gasteiger partial charge in [-0.05, 0) is 25.5 Å². The number of aliphatic hydroxyl groups is 1. The number of methoxy groups -OCH3 is 1. The second kappa shape index (κ2) is 5.59. The van der Waals surface area contributed by atoms with E-state index in [0.717, 1.165) is 12.2 Å². The first-order valence-corrected chi connectivity index (χ1v) is 6.37. The van der Waals surface area contributed by atoms with E-state index in [9.17, 15) is 9.90 Å². The lowest BCUT2D eigenvalue weighted by molar-refractivity contribution is -0.117. The summed E-state index contributed by atoms with van der Waals surface area (Å²) in [6.07, 6.45) is 0.708. The van der Waals surface area contributed by atoms with Gasteiger partial charge in [-0.2, -0.15) is 0 Å². The maximum absolute atomic E-state index is 11.9. The van der Waals surface area contributed by atoms with Crippen molar-refractivity contribution in [1.29, 1.82) is 0 Å². The Kier molecular flexibility index (Phi) is 4.07. The van der Waals surface area contributed by atoms with E-state index < -0.39 is 5.60 Å². The van der Waals surface area contributed by atoms with Gasteiger partial charge in [-0.25, -0.2) is 0 Å². The molecular formula is C14H20N2O3. The molecule has 104 valence electrons. The molecule has 1 aromatic rings. The Morgan fingerprint density at radius 1 is 1.58 bits per heavy atom. The van der Waals surface area contributed by atoms with Gasteiger partial charge in [0.1, 0.15) is 5.75 Å². The highest BCUT2D eigenvalue weighted by Gasteiger charge is 2.31. The van der Waals surface area contributed by atoms with Crippen molar-refractivity contribution in [2.45, 2.75) is 18.9 Å². The van der Waals surface area contributed by atoms with Crippen LogP contribution >= 0.6 is 0 Å². The number of β-amino-alcohol motifs (C(OH)–C–C–N with tert-alkyl or cyclic N) is 1. The first kappa shape index (κ1) is 13.8. The first-order chi connectivity index (χ1) is 8.98. The Bertz CT molecular complexity index is 460. The van der Waals surface area contributed by atoms with E-state index in [1.807, 2.05) is 23.1 Å². The van der Waals surface area contributed by atoms with Crippen LogP contribution in [0.5, 0.6) is 5.75 Å². The lowest BCUT2D eigenvalue weighted by Gasteiger charge is -2.18. The minimum absolute atomic E-state index is 0.0778. The molecule has 0 bridgehead atoms. The maximum atomic E-state index is 11.9. The maximum Gasteiger partial charge on any atom is 0.238 e. The Morgan fingerprint density at radius 3 is 3.00 bits per heavy atom. The van der Waals surface area contributed by atoms with E-state index >= 15 is 0 Å². The van der Waals surface area contributed by atoms with Crippen molar-refractivity contribution in [2.75, 3.05) is 32.1 Å². The number of anilines is 1. The molecule has 1 aromatic carbocycles. The second-order valence-electron chi connectivity index (χ2n) is 5.24. The SMILES string of the molecule is COc1cccc(NC(=O)CN2CCC(C)(O)C2)c1. The van der Waals surface area contributed by atoms with Gasteiger partial charge in [-0.15, -0.1) is 0 Å². The summed E-state index contributed by atoms with van der Waals surface area (Å²) < 4.78 is 5.10. The van der Waals surface area contributed by atoms with E-state index in [1.165, 1.54) is 0 Å². The van der Waals surface area contributed by atoms with Crippen LogP contribution in [0.3, 0.4) is 0 Å². The molecule has 1 unspecified atom stereocenters. The third-order valence-electron chi connectivity index (χ3n) is 3.25. The van der Waals surface area contributed by atoms with Gasteiger partial charge in [0.05, 0.1) is 19.3 Å². The zero-order valence-corrected chi connectivity index (χ0v) is 11.3. The number of benzene rings is 1. The van der Waals surface area contributed by atoms with Gasteiger partial charge < -0.3 is 15.2 Å². The molecule has 2 rings (SSSR count). The van der Waals surface area contributed by atoms with E-state index in [0.29, 0.717) is 25.3 Å². The number of hydrogen-bond acceptors (Lipinski definition) is 4. The van der Waals surface area contributed by atoms with Gasteiger partial charge in [0.2, 0.25) is 5.91 Å². The van der Waals surface area contributed by atoms with Gasteiger partial charge >= 0.3 is 0 Å². The van der Waals surface area contributed by atoms with Gasteiger partial charge in [0.15, 0.2) is 0 Å². The summed E-state index contributed by atoms with van der Waals surface area (Å²) in [5.74, 6) is 0.632. The molecule has 0 spiro atoms. The Labute approximate surface area is 113 Å². The average molecular weight is 264 g/mol. The van der Waals surface area contributed by atoms with Crippen molar-refractivity contribution in [3.8, 4) is 5.75 Å². The van der Waals surface area contributed by atoms with Crippen molar-refractivity contribution < 1.29 is 14.6 Å². The van der Waals surface area contributed by atoms with Crippen LogP contribution in [-0.2, 0) is 4.79 Å². The van der Waals surface area contributed by atoms with Crippen LogP contribution in [0, 0.1) is 0 Å². The number of carbonyl (C=O) groups excluding carboxylic acids is 1. The summed E-state index contributed by atoms with van der Waals surface area (Å²) in [6, 6.07) is 7.25. The highest BCUT2D eigenvalue weighted by atomic mass is 16.5. The molecule has 0 aromatic heterocycles. The highest BCUT2D eigenvalue weighted by molar-refractivity contribution is 5.92. The van der Waals surface area contributed by atoms with Gasteiger partial charge in [0, 0.05) is 24.8 Å². The van der Waals surface area contributed by atoms with E-state index in [4.69, 9.17) is 4.74 Å². The third-order valence-corrected chi connectivity index (χ3v) is 3.25. The summed E-state index contributed by atoms with van der Waals surface area (Å²) in [6.45, 7) is 3.39. The molecule has 0 radical (unpaired) electrons. The quantitative estimate of drug-likeness (QED) is 0.854. The van der Waals surface area contributed by atoms with Crippen LogP contribution in [0.4, 0.5) is 5.69 Å². The number of hydrogen-bond donors (Lipinski definition) is 2. The zero-order valence-electron chi connectivity index (χ0n) is 11.3. The van der Waals surface area contributed by atoms with Crippen molar-refractivity contribution in [2.24, 2.45) is 0 Å². The summed E-state index contributed by atoms with van der Waals surface area (Å²) in [7, 11) is 1.59. The van der Waals surface area contributed by atoms with E-state index in [-0.39, 0.29) is 5.91 Å². The van der Waals surface area contributed by atoms with E-state index in [1.54, 1.807) is 20.1 Å². The van der Waals surface area contributed by atoms with Crippen LogP contribution in [0.15, 0.2) is 24.3 Å². The van der Waals surface area contributed by atoms with Gasteiger partial charge in [-0.1, -0.05) is 6.07 Å². The van der Waals surface area contributed by atoms with Gasteiger partial charge in [-0.3, -0.25) is 9.69 Å². The van der Waals surface area contributed by atoms with Crippen LogP contribution in [0.1, 0.15) is 13.3 Å². The van der Waals surface area contributed by atoms with Gasteiger partial charge in [0.25, 0.3) is 0 Å². The molecule has 1 saturated heterocycles. The number of nitrogens with one attached hydrogen (secondary N) is 1. The molecule has 1 aliphatic rings. The van der Waals surface area contributed by atoms with Crippen LogP contribution < -0.4 is 10.1 Å². The fourth-order valence-corrected chi connectivity index (χ4v) is 2.28. The van der Waals surface area contributed by atoms with Crippen molar-refractivity contribution in [1.82, 2.24) is 4.90 Å². The molecular weight excluding hydrogens is 244 g/mol. The molecule has 0 aliphatic carbocycles. The number of rotatable bonds is 4. The fraction of sp³-hybridized carbons (Fsp3) is 0.500. The molecule has 1 aliphatic heterocycles. The largest absolute Gasteiger partial charge is 0.497 e. The van der Waals surface area contributed by atoms with E-state index in [2.05, 4.69) is 5.32 Å². The Morgan fingerprint density at radius 2 is 2.37 bits per heavy atom. The van der Waals surface area contributed by atoms with Crippen molar-refractivity contribution in [3.05, 3.63) is 24.3 Å². The molecule has 5 nitrogen and oxygen atoms in total. The smallest absolute Gasteiger partial charge is 0.238 e. The first-order valence-electron chi connectivity index (χ1n) is 6.37. The summed E-state index contributed by atoms with van der Waals surface area (Å²) in [5.41, 5.74) is 0.0475. The Hall–Kier alpha value is -1.59. The number of likely N-dealkylation sites (tertiary alicyclic amines) is 1. The standard InChI is InChI=1S/C14H20N2O3/c1-14(18)6-7-16(10-14)9-13(17)15-11-4-3-5-12(8-11)19-2/h3-5,8,18H,6-7,9-10H2,1-2H3,(H,15,17). The fourth-order valence-electron chi connectivity index (χ4n) is 2.28. The Balaban J connectivity index is 1.87. The molecule has 1 heterocycles. The average Bonchev–Trinajstić information content (AvgIpc) is 2.68. The third kappa shape index (κ3) is 3.94. The predicted octanol–water partition coefficient (Wildman–Crippen LogP) is 1.09. The highest BCUT2D eigenvalue weighted by Crippen LogP contribution is 2.20. The molecule has 1 atom stereocenters. The second-order valence-corrected chi connectivity index (χ2v) is 5.24. The monoisotopic (exact) mass is 264 g/mol. The molecule has 5 heteroatoms. The zero-order chi connectivity index (χ0) is 13.9. The minimum Gasteiger partial charge on any atom is -0.497 e. The van der Waals surface area contributed by atoms with Crippen molar-refractivity contribution >= 4 is 11.6 Å². The lowest BCUT2D eigenvalue weighted by atomic mass is 10.1. The molecule has 1 amide bonds. The summed E-state index contributed by atoms with van der Waals surface area (Å²) in [5, 5.41) is 12.7. The van der Waals surface area contributed by atoms with Crippen LogP contribution in [0.2, 0.25) is 0 Å². The predicted molar refractivity (Wildman–Crippen MR) is 73.3 cm³/mol. The normalized spacial score (nSPS) is 23.3. The number of amides is 1. The molecule has 1 fully saturated rings. The number of ether oxygens (including phenoxy) is 1. The number of carbonyl (C=O) groups is 1. The van der Waals surface area contributed by atoms with Crippen LogP contribution in [-0.4, -0.2) is 48.3 Å². The minimum atomic E-state index is -0.670. The number of nitrogens with zero attached hydrogens (tertiary/aromatic N) is 1. The summed E-state index contributed by atoms with van der Waals surface area (Å²) in [4.78, 5) is 13.9. The summed E-state index contributed by atoms with van der Waals surface area (Å²) >= 11 is 0. The lowest BCUT2D eigenvalue weighted by Crippen LogP contribution is -2.35. The van der Waals surface area contributed by atoms with Crippen molar-refractivity contribution in [3.63, 3.8) is 0 Å². The molecule has 2 N–H and O–H groups in total. The topological polar surface area (TPSA) is 61.8 Å². The van der Waals surface area contributed by atoms with Crippen LogP contribution in [0.25, 0.3) is 0 Å².